The van der Waals surface area contributed by atoms with Gasteiger partial charge in [0, 0.05) is 13.1 Å². The number of sulfonamides is 1. The summed E-state index contributed by atoms with van der Waals surface area (Å²) in [5, 5.41) is -7.49. The van der Waals surface area contributed by atoms with Crippen molar-refractivity contribution in [2.24, 2.45) is 0 Å². The summed E-state index contributed by atoms with van der Waals surface area (Å²) in [6.45, 7) is -1.26. The number of rotatable bonds is 10. The van der Waals surface area contributed by atoms with E-state index in [1.807, 2.05) is 0 Å². The Morgan fingerprint density at radius 2 is 0.727 bits per heavy atom. The van der Waals surface area contributed by atoms with Crippen molar-refractivity contribution in [3.05, 3.63) is 0 Å². The number of hydrogen-bond acceptors (Lipinski definition) is 2. The maximum absolute atomic E-state index is 13.8. The molecule has 0 aliphatic carbocycles. The zero-order chi connectivity index (χ0) is 27.5. The molecule has 0 saturated carbocycles. The van der Waals surface area contributed by atoms with E-state index in [1.54, 1.807) is 0 Å². The van der Waals surface area contributed by atoms with Crippen molar-refractivity contribution in [3.63, 3.8) is 0 Å². The maximum Gasteiger partial charge on any atom is 0.460 e. The molecule has 0 aliphatic rings. The largest absolute Gasteiger partial charge is 0.460 e. The van der Waals surface area contributed by atoms with E-state index in [2.05, 4.69) is 0 Å². The number of nitrogens with zero attached hydrogens (tertiary/aromatic N) is 1. The molecule has 0 atom stereocenters. The molecule has 0 fully saturated rings. The number of alkyl halides is 17. The van der Waals surface area contributed by atoms with Gasteiger partial charge in [-0.2, -0.15) is 78.9 Å². The van der Waals surface area contributed by atoms with E-state index in [1.165, 1.54) is 0 Å². The molecule has 200 valence electrons. The van der Waals surface area contributed by atoms with Crippen molar-refractivity contribution < 1.29 is 83.1 Å². The maximum atomic E-state index is 13.8. The summed E-state index contributed by atoms with van der Waals surface area (Å²) in [6.07, 6.45) is -7.86. The number of hydrogen-bond donors (Lipinski definition) is 0. The van der Waals surface area contributed by atoms with Gasteiger partial charge in [0.1, 0.15) is 0 Å². The van der Waals surface area contributed by atoms with E-state index in [4.69, 9.17) is 0 Å². The average Bonchev–Trinajstić information content (AvgIpc) is 2.60. The van der Waals surface area contributed by atoms with Gasteiger partial charge in [-0.25, -0.2) is 8.42 Å². The van der Waals surface area contributed by atoms with E-state index in [-0.39, 0.29) is 0 Å². The van der Waals surface area contributed by atoms with Crippen molar-refractivity contribution >= 4 is 10.0 Å². The molecule has 0 aliphatic heterocycles. The topological polar surface area (TPSA) is 37.4 Å². The molecule has 0 N–H and O–H groups in total. The first-order valence-electron chi connectivity index (χ1n) is 7.73. The molecule has 0 unspecified atom stereocenters. The van der Waals surface area contributed by atoms with Crippen LogP contribution < -0.4 is 0 Å². The highest BCUT2D eigenvalue weighted by Crippen LogP contribution is 2.64. The van der Waals surface area contributed by atoms with Gasteiger partial charge in [0.15, 0.2) is 0 Å². The van der Waals surface area contributed by atoms with Gasteiger partial charge in [0.2, 0.25) is 0 Å². The van der Waals surface area contributed by atoms with Gasteiger partial charge in [0.05, 0.1) is 0 Å². The van der Waals surface area contributed by atoms with Gasteiger partial charge in [-0.15, -0.1) is 0 Å². The lowest BCUT2D eigenvalue weighted by Gasteiger charge is -2.42. The van der Waals surface area contributed by atoms with Crippen LogP contribution in [0.25, 0.3) is 0 Å². The second-order valence-electron chi connectivity index (χ2n) is 6.05. The molecule has 21 heteroatoms. The van der Waals surface area contributed by atoms with E-state index < -0.39 is 74.4 Å². The summed E-state index contributed by atoms with van der Waals surface area (Å²) >= 11 is 0. The van der Waals surface area contributed by atoms with E-state index in [9.17, 15) is 83.1 Å². The zero-order valence-electron chi connectivity index (χ0n) is 15.5. The molecule has 0 aromatic rings. The minimum atomic E-state index is -8.82. The second-order valence-corrected chi connectivity index (χ2v) is 8.03. The van der Waals surface area contributed by atoms with Gasteiger partial charge < -0.3 is 0 Å². The van der Waals surface area contributed by atoms with Crippen LogP contribution in [0.4, 0.5) is 74.6 Å². The molecule has 0 radical (unpaired) electrons. The van der Waals surface area contributed by atoms with Crippen LogP contribution in [0.2, 0.25) is 0 Å². The van der Waals surface area contributed by atoms with Crippen LogP contribution in [-0.4, -0.2) is 72.8 Å². The average molecular weight is 555 g/mol. The third kappa shape index (κ3) is 3.89. The fourth-order valence-electron chi connectivity index (χ4n) is 2.04. The lowest BCUT2D eigenvalue weighted by atomic mass is 9.91. The second kappa shape index (κ2) is 8.14. The normalized spacial score (nSPS) is 16.5. The molecule has 0 heterocycles. The van der Waals surface area contributed by atoms with Crippen molar-refractivity contribution in [2.75, 3.05) is 13.1 Å². The summed E-state index contributed by atoms with van der Waals surface area (Å²) < 4.78 is 245. The standard InChI is InChI=1S/C12H10F17NO2S/c1-3-30(4-2)33(31,32)12(28,29)10(23,24)8(19,20)6(15,16)5(13,14)7(17,18)9(21,22)11(25,26)27/h3-4H2,1-2H3. The Labute approximate surface area is 172 Å². The summed E-state index contributed by atoms with van der Waals surface area (Å²) in [5.74, 6) is -51.5. The van der Waals surface area contributed by atoms with E-state index in [0.29, 0.717) is 13.8 Å². The highest BCUT2D eigenvalue weighted by molar-refractivity contribution is 7.90. The molecule has 0 saturated heterocycles. The van der Waals surface area contributed by atoms with Crippen LogP contribution in [0.5, 0.6) is 0 Å². The van der Waals surface area contributed by atoms with Crippen LogP contribution in [0.15, 0.2) is 0 Å². The Morgan fingerprint density at radius 3 is 0.970 bits per heavy atom. The van der Waals surface area contributed by atoms with Gasteiger partial charge in [0.25, 0.3) is 10.0 Å². The predicted octanol–water partition coefficient (Wildman–Crippen LogP) is 5.62. The predicted molar refractivity (Wildman–Crippen MR) is 72.5 cm³/mol. The fraction of sp³-hybridized carbons (Fsp3) is 1.00. The summed E-state index contributed by atoms with van der Waals surface area (Å²) in [6, 6.07) is 0. The molecular weight excluding hydrogens is 545 g/mol. The minimum Gasteiger partial charge on any atom is -0.206 e. The molecule has 0 spiro atoms. The van der Waals surface area contributed by atoms with Crippen molar-refractivity contribution in [2.45, 2.75) is 60.8 Å². The molecule has 0 aromatic carbocycles. The minimum absolute atomic E-state index is 0.607. The van der Waals surface area contributed by atoms with Crippen LogP contribution in [0, 0.1) is 0 Å². The molecule has 33 heavy (non-hydrogen) atoms. The SMILES string of the molecule is CCN(CC)S(=O)(=O)C(F)(F)C(F)(F)C(F)(F)C(F)(F)C(F)(F)C(F)(F)C(F)(F)C(F)(F)F. The van der Waals surface area contributed by atoms with Gasteiger partial charge >= 0.3 is 47.0 Å². The smallest absolute Gasteiger partial charge is 0.206 e. The lowest BCUT2D eigenvalue weighted by Crippen LogP contribution is -2.75. The van der Waals surface area contributed by atoms with Crippen molar-refractivity contribution in [3.8, 4) is 0 Å². The summed E-state index contributed by atoms with van der Waals surface area (Å²) in [7, 11) is -7.16. The summed E-state index contributed by atoms with van der Waals surface area (Å²) in [5.41, 5.74) is 0. The molecule has 0 bridgehead atoms. The summed E-state index contributed by atoms with van der Waals surface area (Å²) in [4.78, 5) is 0. The molecule has 0 rings (SSSR count). The van der Waals surface area contributed by atoms with Crippen molar-refractivity contribution in [1.29, 1.82) is 0 Å². The van der Waals surface area contributed by atoms with Crippen LogP contribution in [0.3, 0.4) is 0 Å². The van der Waals surface area contributed by atoms with E-state index >= 15 is 0 Å². The molecular formula is C12H10F17NO2S. The van der Waals surface area contributed by atoms with Gasteiger partial charge in [-0.05, 0) is 0 Å². The van der Waals surface area contributed by atoms with Crippen LogP contribution >= 0.6 is 0 Å². The first kappa shape index (κ1) is 31.7. The highest BCUT2D eigenvalue weighted by atomic mass is 32.2. The van der Waals surface area contributed by atoms with Gasteiger partial charge in [-0.3, -0.25) is 0 Å². The molecule has 3 nitrogen and oxygen atoms in total. The first-order valence-corrected chi connectivity index (χ1v) is 9.17. The fourth-order valence-corrected chi connectivity index (χ4v) is 3.49. The molecule has 0 amide bonds. The number of halogens is 17. The van der Waals surface area contributed by atoms with Gasteiger partial charge in [-0.1, -0.05) is 13.8 Å². The third-order valence-electron chi connectivity index (χ3n) is 4.06. The Hall–Kier alpha value is -1.28. The third-order valence-corrected chi connectivity index (χ3v) is 6.16. The quantitative estimate of drug-likeness (QED) is 0.328. The zero-order valence-corrected chi connectivity index (χ0v) is 16.3. The Balaban J connectivity index is 7.02. The Kier molecular flexibility index (Phi) is 7.83. The first-order chi connectivity index (χ1) is 14.0. The van der Waals surface area contributed by atoms with Crippen molar-refractivity contribution in [1.82, 2.24) is 4.31 Å². The highest BCUT2D eigenvalue weighted by Gasteiger charge is 2.96. The Bertz CT molecular complexity index is 812. The molecule has 0 aromatic heterocycles. The van der Waals surface area contributed by atoms with E-state index in [0.717, 1.165) is 0 Å². The van der Waals surface area contributed by atoms with Crippen LogP contribution in [-0.2, 0) is 10.0 Å². The lowest BCUT2D eigenvalue weighted by molar-refractivity contribution is -0.458. The monoisotopic (exact) mass is 555 g/mol. The van der Waals surface area contributed by atoms with Crippen LogP contribution in [0.1, 0.15) is 13.8 Å². The Morgan fingerprint density at radius 1 is 0.485 bits per heavy atom.